The summed E-state index contributed by atoms with van der Waals surface area (Å²) < 4.78 is 11.3. The van der Waals surface area contributed by atoms with Crippen LogP contribution in [0.4, 0.5) is 0 Å². The van der Waals surface area contributed by atoms with Crippen molar-refractivity contribution in [1.29, 1.82) is 5.26 Å². The zero-order chi connectivity index (χ0) is 22.4. The predicted octanol–water partition coefficient (Wildman–Crippen LogP) is 6.34. The van der Waals surface area contributed by atoms with Gasteiger partial charge in [0.05, 0.1) is 29.3 Å². The average Bonchev–Trinajstić information content (AvgIpc) is 2.77. The molecule has 1 N–H and O–H groups in total. The lowest BCUT2D eigenvalue weighted by atomic mass is 10.0. The van der Waals surface area contributed by atoms with E-state index < -0.39 is 5.97 Å². The summed E-state index contributed by atoms with van der Waals surface area (Å²) in [5.41, 5.74) is 2.64. The number of nitrogens with zero attached hydrogens (tertiary/aromatic N) is 1. The first-order valence-corrected chi connectivity index (χ1v) is 9.87. The molecule has 0 heterocycles. The van der Waals surface area contributed by atoms with Gasteiger partial charge in [0, 0.05) is 5.02 Å². The third kappa shape index (κ3) is 5.58. The molecule has 0 saturated carbocycles. The Morgan fingerprint density at radius 2 is 1.71 bits per heavy atom. The molecule has 0 saturated heterocycles. The van der Waals surface area contributed by atoms with E-state index in [1.807, 2.05) is 12.1 Å². The van der Waals surface area contributed by atoms with Crippen molar-refractivity contribution < 1.29 is 19.4 Å². The molecular weight excluding hydrogens is 437 g/mol. The molecule has 3 rings (SSSR count). The van der Waals surface area contributed by atoms with Crippen LogP contribution in [0.2, 0.25) is 10.0 Å². The number of rotatable bonds is 7. The van der Waals surface area contributed by atoms with Crippen LogP contribution in [0.15, 0.2) is 60.7 Å². The molecule has 0 spiro atoms. The van der Waals surface area contributed by atoms with Crippen molar-refractivity contribution in [2.24, 2.45) is 0 Å². The Bertz CT molecular complexity index is 1160. The second kappa shape index (κ2) is 10.0. The average molecular weight is 454 g/mol. The van der Waals surface area contributed by atoms with Gasteiger partial charge in [-0.1, -0.05) is 47.5 Å². The summed E-state index contributed by atoms with van der Waals surface area (Å²) in [7, 11) is 1.50. The Morgan fingerprint density at radius 1 is 1.06 bits per heavy atom. The number of carbonyl (C=O) groups is 1. The number of benzene rings is 3. The molecule has 0 bridgehead atoms. The molecule has 0 amide bonds. The number of carboxylic acids is 1. The minimum atomic E-state index is -1.03. The molecule has 31 heavy (non-hydrogen) atoms. The molecule has 156 valence electrons. The molecular formula is C24H17Cl2NO4. The fraction of sp³-hybridized carbons (Fsp3) is 0.0833. The summed E-state index contributed by atoms with van der Waals surface area (Å²) in [6.45, 7) is 0.280. The number of aromatic carboxylic acids is 1. The van der Waals surface area contributed by atoms with Crippen LogP contribution in [0.3, 0.4) is 0 Å². The van der Waals surface area contributed by atoms with Crippen molar-refractivity contribution in [3.63, 3.8) is 0 Å². The van der Waals surface area contributed by atoms with E-state index in [0.717, 1.165) is 5.56 Å². The Morgan fingerprint density at radius 3 is 2.29 bits per heavy atom. The minimum absolute atomic E-state index is 0.146. The number of hydrogen-bond acceptors (Lipinski definition) is 4. The van der Waals surface area contributed by atoms with E-state index >= 15 is 0 Å². The topological polar surface area (TPSA) is 79.5 Å². The Kier molecular flexibility index (Phi) is 7.19. The number of halogens is 2. The fourth-order valence-corrected chi connectivity index (χ4v) is 3.24. The molecule has 0 unspecified atom stereocenters. The lowest BCUT2D eigenvalue weighted by Gasteiger charge is -2.14. The minimum Gasteiger partial charge on any atom is -0.493 e. The highest BCUT2D eigenvalue weighted by molar-refractivity contribution is 6.32. The monoisotopic (exact) mass is 453 g/mol. The summed E-state index contributed by atoms with van der Waals surface area (Å²) in [6, 6.07) is 18.8. The van der Waals surface area contributed by atoms with Gasteiger partial charge >= 0.3 is 5.97 Å². The Labute approximate surface area is 189 Å². The third-order valence-corrected chi connectivity index (χ3v) is 4.96. The van der Waals surface area contributed by atoms with Crippen molar-refractivity contribution in [3.05, 3.63) is 93.0 Å². The van der Waals surface area contributed by atoms with Crippen molar-refractivity contribution >= 4 is 40.8 Å². The quantitative estimate of drug-likeness (QED) is 0.333. The first-order chi connectivity index (χ1) is 14.9. The molecule has 7 heteroatoms. The molecule has 3 aromatic rings. The number of ether oxygens (including phenoxy) is 2. The van der Waals surface area contributed by atoms with E-state index in [-0.39, 0.29) is 12.2 Å². The SMILES string of the molecule is COc1cc(C=C(C#N)c2ccc(C(=O)O)cc2)cc(Cl)c1OCc1ccc(Cl)cc1. The van der Waals surface area contributed by atoms with Gasteiger partial charge in [-0.15, -0.1) is 0 Å². The highest BCUT2D eigenvalue weighted by Crippen LogP contribution is 2.38. The summed E-state index contributed by atoms with van der Waals surface area (Å²) in [4.78, 5) is 11.0. The van der Waals surface area contributed by atoms with Gasteiger partial charge < -0.3 is 14.6 Å². The van der Waals surface area contributed by atoms with E-state index in [4.69, 9.17) is 37.8 Å². The van der Waals surface area contributed by atoms with Crippen molar-refractivity contribution in [3.8, 4) is 17.6 Å². The highest BCUT2D eigenvalue weighted by Gasteiger charge is 2.13. The largest absolute Gasteiger partial charge is 0.493 e. The van der Waals surface area contributed by atoms with Gasteiger partial charge in [-0.25, -0.2) is 4.79 Å². The van der Waals surface area contributed by atoms with Crippen molar-refractivity contribution in [2.45, 2.75) is 6.61 Å². The first-order valence-electron chi connectivity index (χ1n) is 9.11. The first kappa shape index (κ1) is 22.2. The second-order valence-corrected chi connectivity index (χ2v) is 7.35. The molecule has 0 aliphatic carbocycles. The Balaban J connectivity index is 1.87. The van der Waals surface area contributed by atoms with Gasteiger partial charge in [-0.3, -0.25) is 0 Å². The van der Waals surface area contributed by atoms with Crippen LogP contribution in [0.25, 0.3) is 11.6 Å². The van der Waals surface area contributed by atoms with Crippen LogP contribution in [0.1, 0.15) is 27.0 Å². The van der Waals surface area contributed by atoms with Crippen molar-refractivity contribution in [1.82, 2.24) is 0 Å². The predicted molar refractivity (Wildman–Crippen MR) is 121 cm³/mol. The zero-order valence-electron chi connectivity index (χ0n) is 16.4. The molecule has 0 aliphatic heterocycles. The molecule has 0 atom stereocenters. The van der Waals surface area contributed by atoms with Gasteiger partial charge in [0.15, 0.2) is 11.5 Å². The summed E-state index contributed by atoms with van der Waals surface area (Å²) in [5, 5.41) is 19.6. The lowest BCUT2D eigenvalue weighted by Crippen LogP contribution is -1.99. The molecule has 0 aromatic heterocycles. The van der Waals surface area contributed by atoms with Crippen LogP contribution >= 0.6 is 23.2 Å². The number of hydrogen-bond donors (Lipinski definition) is 1. The number of nitriles is 1. The van der Waals surface area contributed by atoms with Gasteiger partial charge in [-0.2, -0.15) is 5.26 Å². The smallest absolute Gasteiger partial charge is 0.335 e. The normalized spacial score (nSPS) is 11.0. The summed E-state index contributed by atoms with van der Waals surface area (Å²) >= 11 is 12.3. The van der Waals surface area contributed by atoms with E-state index in [0.29, 0.717) is 38.2 Å². The summed E-state index contributed by atoms with van der Waals surface area (Å²) in [5.74, 6) is -0.216. The van der Waals surface area contributed by atoms with Crippen LogP contribution in [0.5, 0.6) is 11.5 Å². The maximum Gasteiger partial charge on any atom is 0.335 e. The van der Waals surface area contributed by atoms with Crippen LogP contribution in [-0.4, -0.2) is 18.2 Å². The molecule has 0 aliphatic rings. The van der Waals surface area contributed by atoms with Gasteiger partial charge in [0.1, 0.15) is 6.61 Å². The molecule has 0 radical (unpaired) electrons. The second-order valence-electron chi connectivity index (χ2n) is 6.50. The van der Waals surface area contributed by atoms with E-state index in [1.54, 1.807) is 42.5 Å². The van der Waals surface area contributed by atoms with E-state index in [1.165, 1.54) is 19.2 Å². The summed E-state index contributed by atoms with van der Waals surface area (Å²) in [6.07, 6.45) is 1.65. The van der Waals surface area contributed by atoms with Gasteiger partial charge in [0.25, 0.3) is 0 Å². The maximum absolute atomic E-state index is 11.0. The Hall–Kier alpha value is -3.46. The number of allylic oxidation sites excluding steroid dienone is 1. The molecule has 0 fully saturated rings. The highest BCUT2D eigenvalue weighted by atomic mass is 35.5. The van der Waals surface area contributed by atoms with Crippen LogP contribution < -0.4 is 9.47 Å². The standard InChI is InChI=1S/C24H17Cl2NO4/c1-30-22-12-16(10-19(13-27)17-4-6-18(7-5-17)24(28)29)11-21(26)23(22)31-14-15-2-8-20(25)9-3-15/h2-12H,14H2,1H3,(H,28,29). The number of carboxylic acid groups (broad SMARTS) is 1. The van der Waals surface area contributed by atoms with Gasteiger partial charge in [-0.05, 0) is 59.2 Å². The zero-order valence-corrected chi connectivity index (χ0v) is 17.9. The molecule has 3 aromatic carbocycles. The van der Waals surface area contributed by atoms with Crippen molar-refractivity contribution in [2.75, 3.05) is 7.11 Å². The lowest BCUT2D eigenvalue weighted by molar-refractivity contribution is 0.0697. The molecule has 5 nitrogen and oxygen atoms in total. The van der Waals surface area contributed by atoms with E-state index in [2.05, 4.69) is 6.07 Å². The number of methoxy groups -OCH3 is 1. The fourth-order valence-electron chi connectivity index (χ4n) is 2.84. The van der Waals surface area contributed by atoms with E-state index in [9.17, 15) is 10.1 Å². The van der Waals surface area contributed by atoms with Crippen LogP contribution in [0, 0.1) is 11.3 Å². The van der Waals surface area contributed by atoms with Crippen LogP contribution in [-0.2, 0) is 6.61 Å². The third-order valence-electron chi connectivity index (χ3n) is 4.42. The maximum atomic E-state index is 11.0. The van der Waals surface area contributed by atoms with Gasteiger partial charge in [0.2, 0.25) is 0 Å².